The summed E-state index contributed by atoms with van der Waals surface area (Å²) in [5.41, 5.74) is 1.80. The Hall–Kier alpha value is -1.35. The predicted molar refractivity (Wildman–Crippen MR) is 68.5 cm³/mol. The molecule has 1 aromatic rings. The van der Waals surface area contributed by atoms with Gasteiger partial charge < -0.3 is 10.1 Å². The molecule has 0 aliphatic carbocycles. The quantitative estimate of drug-likeness (QED) is 0.813. The number of benzene rings is 1. The van der Waals surface area contributed by atoms with Gasteiger partial charge in [-0.05, 0) is 50.5 Å². The molecule has 0 aromatic heterocycles. The number of rotatable bonds is 4. The fraction of sp³-hybridized carbons (Fsp3) is 0.500. The Balaban J connectivity index is 1.84. The molecule has 1 unspecified atom stereocenters. The van der Waals surface area contributed by atoms with Crippen LogP contribution in [0.4, 0.5) is 5.69 Å². The molecular formula is C14H19NO2. The van der Waals surface area contributed by atoms with Crippen LogP contribution in [0.5, 0.6) is 0 Å². The first kappa shape index (κ1) is 12.1. The van der Waals surface area contributed by atoms with E-state index in [1.165, 1.54) is 12.8 Å². The van der Waals surface area contributed by atoms with E-state index in [-0.39, 0.29) is 5.78 Å². The highest BCUT2D eigenvalue weighted by atomic mass is 16.5. The minimum Gasteiger partial charge on any atom is -0.382 e. The molecule has 1 aliphatic heterocycles. The van der Waals surface area contributed by atoms with Crippen LogP contribution in [-0.2, 0) is 4.74 Å². The molecule has 1 aliphatic rings. The van der Waals surface area contributed by atoms with Crippen LogP contribution in [0.15, 0.2) is 24.3 Å². The summed E-state index contributed by atoms with van der Waals surface area (Å²) in [5, 5.41) is 3.34. The molecule has 1 saturated heterocycles. The van der Waals surface area contributed by atoms with Crippen LogP contribution in [0.25, 0.3) is 0 Å². The highest BCUT2D eigenvalue weighted by Gasteiger charge is 2.13. The average molecular weight is 233 g/mol. The number of ether oxygens (including phenoxy) is 1. The number of ketones is 1. The molecule has 1 aromatic carbocycles. The summed E-state index contributed by atoms with van der Waals surface area (Å²) in [6.07, 6.45) is 3.91. The maximum atomic E-state index is 11.1. The second-order valence-corrected chi connectivity index (χ2v) is 4.50. The van der Waals surface area contributed by atoms with E-state index in [2.05, 4.69) is 5.32 Å². The van der Waals surface area contributed by atoms with Gasteiger partial charge in [-0.15, -0.1) is 0 Å². The zero-order valence-corrected chi connectivity index (χ0v) is 10.2. The lowest BCUT2D eigenvalue weighted by atomic mass is 10.1. The van der Waals surface area contributed by atoms with Crippen molar-refractivity contribution < 1.29 is 9.53 Å². The third-order valence-electron chi connectivity index (χ3n) is 3.10. The van der Waals surface area contributed by atoms with Crippen LogP contribution in [0.3, 0.4) is 0 Å². The summed E-state index contributed by atoms with van der Waals surface area (Å²) >= 11 is 0. The molecule has 0 saturated carbocycles. The maximum absolute atomic E-state index is 11.1. The molecule has 1 atom stereocenters. The van der Waals surface area contributed by atoms with Crippen molar-refractivity contribution in [1.29, 1.82) is 0 Å². The van der Waals surface area contributed by atoms with E-state index >= 15 is 0 Å². The van der Waals surface area contributed by atoms with Crippen LogP contribution in [0, 0.1) is 0 Å². The summed E-state index contributed by atoms with van der Waals surface area (Å²) in [6.45, 7) is 3.31. The van der Waals surface area contributed by atoms with E-state index < -0.39 is 0 Å². The van der Waals surface area contributed by atoms with Crippen LogP contribution >= 0.6 is 0 Å². The van der Waals surface area contributed by atoms with E-state index in [9.17, 15) is 4.79 Å². The van der Waals surface area contributed by atoms with Gasteiger partial charge in [-0.2, -0.15) is 0 Å². The smallest absolute Gasteiger partial charge is 0.159 e. The van der Waals surface area contributed by atoms with Crippen molar-refractivity contribution in [2.45, 2.75) is 32.3 Å². The van der Waals surface area contributed by atoms with Crippen LogP contribution in [0.1, 0.15) is 36.5 Å². The fourth-order valence-corrected chi connectivity index (χ4v) is 2.02. The first-order valence-electron chi connectivity index (χ1n) is 6.22. The number of carbonyl (C=O) groups is 1. The van der Waals surface area contributed by atoms with Crippen molar-refractivity contribution in [3.63, 3.8) is 0 Å². The largest absolute Gasteiger partial charge is 0.382 e. The van der Waals surface area contributed by atoms with Gasteiger partial charge in [0.2, 0.25) is 0 Å². The third-order valence-corrected chi connectivity index (χ3v) is 3.10. The maximum Gasteiger partial charge on any atom is 0.159 e. The monoisotopic (exact) mass is 233 g/mol. The van der Waals surface area contributed by atoms with Crippen molar-refractivity contribution >= 4 is 11.5 Å². The second kappa shape index (κ2) is 5.82. The Morgan fingerprint density at radius 2 is 2.12 bits per heavy atom. The minimum atomic E-state index is 0.104. The number of hydrogen-bond acceptors (Lipinski definition) is 3. The topological polar surface area (TPSA) is 38.3 Å². The molecule has 1 heterocycles. The minimum absolute atomic E-state index is 0.104. The van der Waals surface area contributed by atoms with Gasteiger partial charge in [0.1, 0.15) is 0 Å². The van der Waals surface area contributed by atoms with Crippen molar-refractivity contribution in [3.05, 3.63) is 29.8 Å². The standard InChI is InChI=1S/C14H19NO2/c1-11(16)12-5-7-13(8-6-12)15-10-14-4-2-3-9-17-14/h5-8,14-15H,2-4,9-10H2,1H3. The fourth-order valence-electron chi connectivity index (χ4n) is 2.02. The molecule has 3 nitrogen and oxygen atoms in total. The Labute approximate surface area is 102 Å². The lowest BCUT2D eigenvalue weighted by Gasteiger charge is -2.23. The molecule has 0 amide bonds. The van der Waals surface area contributed by atoms with E-state index in [0.717, 1.165) is 30.8 Å². The molecule has 0 radical (unpaired) electrons. The van der Waals surface area contributed by atoms with E-state index in [1.807, 2.05) is 24.3 Å². The van der Waals surface area contributed by atoms with Gasteiger partial charge in [0.05, 0.1) is 6.10 Å². The first-order chi connectivity index (χ1) is 8.25. The van der Waals surface area contributed by atoms with Gasteiger partial charge in [-0.25, -0.2) is 0 Å². The van der Waals surface area contributed by atoms with Crippen molar-refractivity contribution in [2.75, 3.05) is 18.5 Å². The summed E-state index contributed by atoms with van der Waals surface area (Å²) in [6, 6.07) is 7.60. The number of carbonyl (C=O) groups excluding carboxylic acids is 1. The van der Waals surface area contributed by atoms with Crippen LogP contribution in [0.2, 0.25) is 0 Å². The average Bonchev–Trinajstić information content (AvgIpc) is 2.38. The Bertz CT molecular complexity index is 366. The van der Waals surface area contributed by atoms with Crippen LogP contribution in [-0.4, -0.2) is 25.0 Å². The van der Waals surface area contributed by atoms with Crippen molar-refractivity contribution in [2.24, 2.45) is 0 Å². The zero-order valence-electron chi connectivity index (χ0n) is 10.2. The first-order valence-corrected chi connectivity index (χ1v) is 6.22. The zero-order chi connectivity index (χ0) is 12.1. The van der Waals surface area contributed by atoms with Crippen molar-refractivity contribution in [1.82, 2.24) is 0 Å². The highest BCUT2D eigenvalue weighted by Crippen LogP contribution is 2.15. The van der Waals surface area contributed by atoms with Gasteiger partial charge in [-0.3, -0.25) is 4.79 Å². The van der Waals surface area contributed by atoms with E-state index in [4.69, 9.17) is 4.74 Å². The van der Waals surface area contributed by atoms with Gasteiger partial charge in [0.15, 0.2) is 5.78 Å². The second-order valence-electron chi connectivity index (χ2n) is 4.50. The SMILES string of the molecule is CC(=O)c1ccc(NCC2CCCCO2)cc1. The Kier molecular flexibility index (Phi) is 4.15. The van der Waals surface area contributed by atoms with Gasteiger partial charge in [0, 0.05) is 24.4 Å². The van der Waals surface area contributed by atoms with E-state index in [0.29, 0.717) is 6.10 Å². The number of Topliss-reactive ketones (excluding diaryl/α,β-unsaturated/α-hetero) is 1. The highest BCUT2D eigenvalue weighted by molar-refractivity contribution is 5.94. The molecule has 0 spiro atoms. The molecule has 1 N–H and O–H groups in total. The molecule has 1 fully saturated rings. The van der Waals surface area contributed by atoms with E-state index in [1.54, 1.807) is 6.92 Å². The number of anilines is 1. The van der Waals surface area contributed by atoms with Gasteiger partial charge in [-0.1, -0.05) is 0 Å². The summed E-state index contributed by atoms with van der Waals surface area (Å²) < 4.78 is 5.65. The Morgan fingerprint density at radius 1 is 1.35 bits per heavy atom. The predicted octanol–water partition coefficient (Wildman–Crippen LogP) is 2.87. The molecule has 0 bridgehead atoms. The molecule has 2 rings (SSSR count). The molecular weight excluding hydrogens is 214 g/mol. The number of hydrogen-bond donors (Lipinski definition) is 1. The summed E-state index contributed by atoms with van der Waals surface area (Å²) in [4.78, 5) is 11.1. The lowest BCUT2D eigenvalue weighted by molar-refractivity contribution is 0.0247. The molecule has 17 heavy (non-hydrogen) atoms. The summed E-state index contributed by atoms with van der Waals surface area (Å²) in [5.74, 6) is 0.104. The normalized spacial score (nSPS) is 19.9. The van der Waals surface area contributed by atoms with Gasteiger partial charge in [0.25, 0.3) is 0 Å². The molecule has 3 heteroatoms. The Morgan fingerprint density at radius 3 is 2.71 bits per heavy atom. The van der Waals surface area contributed by atoms with Gasteiger partial charge >= 0.3 is 0 Å². The third kappa shape index (κ3) is 3.56. The lowest BCUT2D eigenvalue weighted by Crippen LogP contribution is -2.26. The van der Waals surface area contributed by atoms with Crippen LogP contribution < -0.4 is 5.32 Å². The number of nitrogens with one attached hydrogen (secondary N) is 1. The van der Waals surface area contributed by atoms with Crippen molar-refractivity contribution in [3.8, 4) is 0 Å². The summed E-state index contributed by atoms with van der Waals surface area (Å²) in [7, 11) is 0. The molecule has 92 valence electrons.